The summed E-state index contributed by atoms with van der Waals surface area (Å²) in [7, 11) is 0. The van der Waals surface area contributed by atoms with E-state index in [9.17, 15) is 0 Å². The van der Waals surface area contributed by atoms with Crippen molar-refractivity contribution in [3.05, 3.63) is 34.3 Å². The van der Waals surface area contributed by atoms with Gasteiger partial charge >= 0.3 is 0 Å². The molecule has 1 N–H and O–H groups in total. The average molecular weight is 298 g/mol. The minimum absolute atomic E-state index is 0.740. The van der Waals surface area contributed by atoms with Gasteiger partial charge in [-0.2, -0.15) is 0 Å². The summed E-state index contributed by atoms with van der Waals surface area (Å²) in [5, 5.41) is 3.48. The molecule has 1 unspecified atom stereocenters. The van der Waals surface area contributed by atoms with Gasteiger partial charge in [0, 0.05) is 4.47 Å². The Balaban J connectivity index is 2.58. The maximum absolute atomic E-state index is 3.54. The molecule has 0 saturated carbocycles. The molecular formula is C15H24BrN. The van der Waals surface area contributed by atoms with Gasteiger partial charge in [0.2, 0.25) is 0 Å². The van der Waals surface area contributed by atoms with E-state index in [4.69, 9.17) is 0 Å². The first-order valence-electron chi connectivity index (χ1n) is 6.57. The highest BCUT2D eigenvalue weighted by molar-refractivity contribution is 9.10. The maximum Gasteiger partial charge on any atom is 0.0177 e. The zero-order valence-electron chi connectivity index (χ0n) is 11.2. The Hall–Kier alpha value is -0.340. The maximum atomic E-state index is 3.54. The predicted molar refractivity (Wildman–Crippen MR) is 79.3 cm³/mol. The number of rotatable bonds is 7. The van der Waals surface area contributed by atoms with Crippen molar-refractivity contribution in [3.63, 3.8) is 0 Å². The summed E-state index contributed by atoms with van der Waals surface area (Å²) in [5.74, 6) is 1.51. The van der Waals surface area contributed by atoms with Crippen molar-refractivity contribution in [1.29, 1.82) is 0 Å². The van der Waals surface area contributed by atoms with E-state index in [1.807, 2.05) is 0 Å². The standard InChI is InChI=1S/C15H24BrN/c1-4-17-11-14(8-12(2)3)9-13-6-5-7-15(16)10-13/h5-7,10,12,14,17H,4,8-9,11H2,1-3H3. The summed E-state index contributed by atoms with van der Waals surface area (Å²) in [4.78, 5) is 0. The fourth-order valence-electron chi connectivity index (χ4n) is 2.25. The molecule has 1 aromatic carbocycles. The van der Waals surface area contributed by atoms with Crippen molar-refractivity contribution in [3.8, 4) is 0 Å². The molecule has 1 atom stereocenters. The minimum Gasteiger partial charge on any atom is -0.317 e. The Bertz CT molecular complexity index is 322. The Kier molecular flexibility index (Phi) is 6.83. The summed E-state index contributed by atoms with van der Waals surface area (Å²) in [6, 6.07) is 8.67. The molecule has 0 fully saturated rings. The van der Waals surface area contributed by atoms with E-state index in [2.05, 4.69) is 66.3 Å². The third kappa shape index (κ3) is 6.23. The number of halogens is 1. The van der Waals surface area contributed by atoms with Crippen molar-refractivity contribution in [2.24, 2.45) is 11.8 Å². The van der Waals surface area contributed by atoms with Crippen LogP contribution in [-0.4, -0.2) is 13.1 Å². The van der Waals surface area contributed by atoms with Crippen LogP contribution >= 0.6 is 15.9 Å². The Morgan fingerprint density at radius 3 is 2.65 bits per heavy atom. The molecule has 0 radical (unpaired) electrons. The van der Waals surface area contributed by atoms with E-state index >= 15 is 0 Å². The summed E-state index contributed by atoms with van der Waals surface area (Å²) in [5.41, 5.74) is 1.43. The lowest BCUT2D eigenvalue weighted by molar-refractivity contribution is 0.388. The molecule has 0 aliphatic rings. The molecule has 1 nitrogen and oxygen atoms in total. The molecule has 1 aromatic rings. The van der Waals surface area contributed by atoms with Crippen LogP contribution < -0.4 is 5.32 Å². The summed E-state index contributed by atoms with van der Waals surface area (Å²) < 4.78 is 1.18. The molecule has 0 amide bonds. The molecule has 0 aliphatic heterocycles. The number of hydrogen-bond acceptors (Lipinski definition) is 1. The Morgan fingerprint density at radius 2 is 2.06 bits per heavy atom. The molecule has 17 heavy (non-hydrogen) atoms. The van der Waals surface area contributed by atoms with Crippen molar-refractivity contribution in [1.82, 2.24) is 5.32 Å². The Morgan fingerprint density at radius 1 is 1.29 bits per heavy atom. The van der Waals surface area contributed by atoms with E-state index in [0.29, 0.717) is 0 Å². The van der Waals surface area contributed by atoms with Crippen LogP contribution in [0, 0.1) is 11.8 Å². The van der Waals surface area contributed by atoms with Crippen LogP contribution in [0.2, 0.25) is 0 Å². The fraction of sp³-hybridized carbons (Fsp3) is 0.600. The minimum atomic E-state index is 0.740. The third-order valence-corrected chi connectivity index (χ3v) is 3.39. The van der Waals surface area contributed by atoms with Gasteiger partial charge in [-0.1, -0.05) is 48.8 Å². The molecule has 0 spiro atoms. The summed E-state index contributed by atoms with van der Waals surface area (Å²) in [6.45, 7) is 8.97. The lowest BCUT2D eigenvalue weighted by Crippen LogP contribution is -2.25. The average Bonchev–Trinajstić information content (AvgIpc) is 2.25. The topological polar surface area (TPSA) is 12.0 Å². The molecular weight excluding hydrogens is 274 g/mol. The van der Waals surface area contributed by atoms with Gasteiger partial charge < -0.3 is 5.32 Å². The fourth-order valence-corrected chi connectivity index (χ4v) is 2.70. The molecule has 0 bridgehead atoms. The monoisotopic (exact) mass is 297 g/mol. The second-order valence-corrected chi connectivity index (χ2v) is 6.05. The van der Waals surface area contributed by atoms with E-state index in [1.54, 1.807) is 0 Å². The van der Waals surface area contributed by atoms with Crippen LogP contribution in [0.15, 0.2) is 28.7 Å². The van der Waals surface area contributed by atoms with Crippen molar-refractivity contribution in [2.45, 2.75) is 33.6 Å². The smallest absolute Gasteiger partial charge is 0.0177 e. The van der Waals surface area contributed by atoms with Gasteiger partial charge in [-0.15, -0.1) is 0 Å². The lowest BCUT2D eigenvalue weighted by atomic mass is 9.91. The highest BCUT2D eigenvalue weighted by atomic mass is 79.9. The van der Waals surface area contributed by atoms with Crippen LogP contribution in [-0.2, 0) is 6.42 Å². The van der Waals surface area contributed by atoms with Gasteiger partial charge in [0.15, 0.2) is 0 Å². The normalized spacial score (nSPS) is 13.0. The molecule has 1 rings (SSSR count). The lowest BCUT2D eigenvalue weighted by Gasteiger charge is -2.19. The zero-order valence-corrected chi connectivity index (χ0v) is 12.8. The quantitative estimate of drug-likeness (QED) is 0.793. The van der Waals surface area contributed by atoms with Crippen LogP contribution in [0.3, 0.4) is 0 Å². The molecule has 0 saturated heterocycles. The van der Waals surface area contributed by atoms with E-state index in [0.717, 1.165) is 24.9 Å². The van der Waals surface area contributed by atoms with Crippen molar-refractivity contribution in [2.75, 3.05) is 13.1 Å². The van der Waals surface area contributed by atoms with Gasteiger partial charge in [0.05, 0.1) is 0 Å². The first-order chi connectivity index (χ1) is 8.11. The van der Waals surface area contributed by atoms with Crippen LogP contribution in [0.5, 0.6) is 0 Å². The number of hydrogen-bond donors (Lipinski definition) is 1. The third-order valence-electron chi connectivity index (χ3n) is 2.90. The van der Waals surface area contributed by atoms with Gasteiger partial charge in [0.1, 0.15) is 0 Å². The van der Waals surface area contributed by atoms with Crippen LogP contribution in [0.25, 0.3) is 0 Å². The van der Waals surface area contributed by atoms with Crippen molar-refractivity contribution >= 4 is 15.9 Å². The van der Waals surface area contributed by atoms with E-state index in [1.165, 1.54) is 22.9 Å². The van der Waals surface area contributed by atoms with E-state index < -0.39 is 0 Å². The van der Waals surface area contributed by atoms with Gasteiger partial charge in [-0.3, -0.25) is 0 Å². The predicted octanol–water partition coefficient (Wildman–Crippen LogP) is 4.26. The molecule has 2 heteroatoms. The van der Waals surface area contributed by atoms with Gasteiger partial charge in [-0.05, 0) is 55.5 Å². The first kappa shape index (κ1) is 14.7. The highest BCUT2D eigenvalue weighted by Gasteiger charge is 2.11. The highest BCUT2D eigenvalue weighted by Crippen LogP contribution is 2.19. The Labute approximate surface area is 114 Å². The summed E-state index contributed by atoms with van der Waals surface area (Å²) >= 11 is 3.54. The molecule has 96 valence electrons. The van der Waals surface area contributed by atoms with E-state index in [-0.39, 0.29) is 0 Å². The summed E-state index contributed by atoms with van der Waals surface area (Å²) in [6.07, 6.45) is 2.46. The second kappa shape index (κ2) is 7.88. The largest absolute Gasteiger partial charge is 0.317 e. The molecule has 0 heterocycles. The SMILES string of the molecule is CCNCC(Cc1cccc(Br)c1)CC(C)C. The van der Waals surface area contributed by atoms with Crippen LogP contribution in [0.4, 0.5) is 0 Å². The van der Waals surface area contributed by atoms with Crippen molar-refractivity contribution < 1.29 is 0 Å². The molecule has 0 aromatic heterocycles. The number of nitrogens with one attached hydrogen (secondary N) is 1. The van der Waals surface area contributed by atoms with Gasteiger partial charge in [-0.25, -0.2) is 0 Å². The second-order valence-electron chi connectivity index (χ2n) is 5.14. The number of benzene rings is 1. The first-order valence-corrected chi connectivity index (χ1v) is 7.36. The van der Waals surface area contributed by atoms with Gasteiger partial charge in [0.25, 0.3) is 0 Å². The zero-order chi connectivity index (χ0) is 12.7. The van der Waals surface area contributed by atoms with Crippen LogP contribution in [0.1, 0.15) is 32.8 Å². The molecule has 0 aliphatic carbocycles.